The molecule has 0 aliphatic carbocycles. The molecule has 0 aliphatic rings. The Kier molecular flexibility index (Phi) is 6.69. The number of esters is 1. The van der Waals surface area contributed by atoms with Crippen molar-refractivity contribution in [2.45, 2.75) is 26.2 Å². The van der Waals surface area contributed by atoms with Gasteiger partial charge in [0.2, 0.25) is 0 Å². The quantitative estimate of drug-likeness (QED) is 0.613. The van der Waals surface area contributed by atoms with Gasteiger partial charge in [-0.3, -0.25) is 9.59 Å². The van der Waals surface area contributed by atoms with Crippen LogP contribution in [-0.4, -0.2) is 25.5 Å². The van der Waals surface area contributed by atoms with Crippen molar-refractivity contribution in [3.63, 3.8) is 0 Å². The van der Waals surface area contributed by atoms with Crippen molar-refractivity contribution >= 4 is 11.9 Å². The number of amides is 1. The highest BCUT2D eigenvalue weighted by atomic mass is 19.1. The molecule has 2 aromatic rings. The van der Waals surface area contributed by atoms with Crippen molar-refractivity contribution in [2.24, 2.45) is 0 Å². The Balaban J connectivity index is 1.92. The zero-order valence-corrected chi connectivity index (χ0v) is 14.5. The fourth-order valence-electron chi connectivity index (χ4n) is 2.42. The van der Waals surface area contributed by atoms with Crippen LogP contribution in [0.4, 0.5) is 4.39 Å². The molecule has 2 rings (SSSR count). The van der Waals surface area contributed by atoms with Gasteiger partial charge >= 0.3 is 5.97 Å². The minimum atomic E-state index is -0.551. The highest BCUT2D eigenvalue weighted by Gasteiger charge is 2.12. The van der Waals surface area contributed by atoms with Gasteiger partial charge in [-0.1, -0.05) is 35.9 Å². The molecule has 0 saturated heterocycles. The maximum absolute atomic E-state index is 14.3. The van der Waals surface area contributed by atoms with Gasteiger partial charge < -0.3 is 10.1 Å². The molecule has 0 bridgehead atoms. The highest BCUT2D eigenvalue weighted by Crippen LogP contribution is 2.22. The molecule has 0 aromatic heterocycles. The van der Waals surface area contributed by atoms with Gasteiger partial charge in [-0.25, -0.2) is 4.39 Å². The lowest BCUT2D eigenvalue weighted by molar-refractivity contribution is -0.140. The van der Waals surface area contributed by atoms with Crippen LogP contribution in [0.3, 0.4) is 0 Å². The summed E-state index contributed by atoms with van der Waals surface area (Å²) in [6.45, 7) is 2.37. The number of benzene rings is 2. The number of nitrogens with one attached hydrogen (secondary N) is 1. The van der Waals surface area contributed by atoms with Crippen LogP contribution in [0.2, 0.25) is 0 Å². The Labute approximate surface area is 147 Å². The van der Waals surface area contributed by atoms with Gasteiger partial charge in [0, 0.05) is 13.0 Å². The van der Waals surface area contributed by atoms with E-state index in [1.165, 1.54) is 19.2 Å². The average Bonchev–Trinajstić information content (AvgIpc) is 2.61. The Hall–Kier alpha value is -2.69. The first kappa shape index (κ1) is 18.6. The van der Waals surface area contributed by atoms with E-state index >= 15 is 0 Å². The third kappa shape index (κ3) is 5.41. The predicted octanol–water partition coefficient (Wildman–Crippen LogP) is 3.87. The van der Waals surface area contributed by atoms with Crippen LogP contribution in [-0.2, 0) is 9.53 Å². The molecule has 0 saturated carbocycles. The second-order valence-electron chi connectivity index (χ2n) is 5.85. The molecule has 0 heterocycles. The van der Waals surface area contributed by atoms with Gasteiger partial charge in [0.1, 0.15) is 5.82 Å². The number of methoxy groups -OCH3 is 1. The Bertz CT molecular complexity index is 741. The van der Waals surface area contributed by atoms with Crippen LogP contribution in [0.5, 0.6) is 0 Å². The molecule has 4 nitrogen and oxygen atoms in total. The van der Waals surface area contributed by atoms with Crippen molar-refractivity contribution in [1.29, 1.82) is 0 Å². The van der Waals surface area contributed by atoms with Crippen LogP contribution >= 0.6 is 0 Å². The first-order valence-corrected chi connectivity index (χ1v) is 8.23. The fourth-order valence-corrected chi connectivity index (χ4v) is 2.42. The smallest absolute Gasteiger partial charge is 0.305 e. The van der Waals surface area contributed by atoms with E-state index in [0.29, 0.717) is 25.8 Å². The molecule has 0 spiro atoms. The summed E-state index contributed by atoms with van der Waals surface area (Å²) in [5, 5.41) is 2.67. The highest BCUT2D eigenvalue weighted by molar-refractivity contribution is 5.95. The monoisotopic (exact) mass is 343 g/mol. The molecule has 132 valence electrons. The molecule has 0 fully saturated rings. The summed E-state index contributed by atoms with van der Waals surface area (Å²) >= 11 is 0. The number of aryl methyl sites for hydroxylation is 1. The maximum Gasteiger partial charge on any atom is 0.305 e. The van der Waals surface area contributed by atoms with Crippen molar-refractivity contribution in [3.8, 4) is 11.1 Å². The first-order valence-electron chi connectivity index (χ1n) is 8.23. The van der Waals surface area contributed by atoms with E-state index in [1.807, 2.05) is 31.2 Å². The number of carbonyl (C=O) groups is 2. The molecule has 0 aliphatic heterocycles. The molecule has 2 aromatic carbocycles. The summed E-state index contributed by atoms with van der Waals surface area (Å²) < 4.78 is 18.8. The lowest BCUT2D eigenvalue weighted by Gasteiger charge is -2.08. The van der Waals surface area contributed by atoms with Crippen LogP contribution in [0.25, 0.3) is 11.1 Å². The van der Waals surface area contributed by atoms with E-state index in [4.69, 9.17) is 0 Å². The first-order chi connectivity index (χ1) is 12.0. The molecule has 25 heavy (non-hydrogen) atoms. The van der Waals surface area contributed by atoms with E-state index in [2.05, 4.69) is 10.1 Å². The topological polar surface area (TPSA) is 55.4 Å². The molecular formula is C20H22FNO3. The number of carbonyl (C=O) groups excluding carboxylic acids is 2. The second-order valence-corrected chi connectivity index (χ2v) is 5.85. The Morgan fingerprint density at radius 3 is 2.36 bits per heavy atom. The molecular weight excluding hydrogens is 321 g/mol. The summed E-state index contributed by atoms with van der Waals surface area (Å²) in [4.78, 5) is 23.1. The molecule has 1 N–H and O–H groups in total. The minimum absolute atomic E-state index is 0.0174. The molecule has 0 radical (unpaired) electrons. The van der Waals surface area contributed by atoms with Gasteiger partial charge in [-0.05, 0) is 43.0 Å². The SMILES string of the molecule is COC(=O)CCCCNC(=O)c1ccc(-c2ccc(C)cc2)cc1F. The predicted molar refractivity (Wildman–Crippen MR) is 94.8 cm³/mol. The van der Waals surface area contributed by atoms with Crippen LogP contribution in [0.15, 0.2) is 42.5 Å². The lowest BCUT2D eigenvalue weighted by Crippen LogP contribution is -2.25. The summed E-state index contributed by atoms with van der Waals surface area (Å²) in [6, 6.07) is 12.4. The average molecular weight is 343 g/mol. The number of unbranched alkanes of at least 4 members (excludes halogenated alkanes) is 1. The number of halogens is 1. The van der Waals surface area contributed by atoms with Crippen molar-refractivity contribution in [3.05, 3.63) is 59.4 Å². The fraction of sp³-hybridized carbons (Fsp3) is 0.300. The van der Waals surface area contributed by atoms with Gasteiger partial charge in [-0.2, -0.15) is 0 Å². The van der Waals surface area contributed by atoms with E-state index in [0.717, 1.165) is 16.7 Å². The zero-order valence-electron chi connectivity index (χ0n) is 14.5. The van der Waals surface area contributed by atoms with Gasteiger partial charge in [0.05, 0.1) is 12.7 Å². The molecule has 0 atom stereocenters. The summed E-state index contributed by atoms with van der Waals surface area (Å²) in [5.74, 6) is -1.28. The largest absolute Gasteiger partial charge is 0.469 e. The lowest BCUT2D eigenvalue weighted by atomic mass is 10.0. The van der Waals surface area contributed by atoms with Crippen molar-refractivity contribution < 1.29 is 18.7 Å². The Morgan fingerprint density at radius 1 is 1.04 bits per heavy atom. The summed E-state index contributed by atoms with van der Waals surface area (Å²) in [5.41, 5.74) is 2.78. The van der Waals surface area contributed by atoms with E-state index in [9.17, 15) is 14.0 Å². The number of ether oxygens (including phenoxy) is 1. The maximum atomic E-state index is 14.3. The van der Waals surface area contributed by atoms with E-state index in [1.54, 1.807) is 6.07 Å². The minimum Gasteiger partial charge on any atom is -0.469 e. The number of hydrogen-bond acceptors (Lipinski definition) is 3. The van der Waals surface area contributed by atoms with Crippen LogP contribution in [0.1, 0.15) is 35.2 Å². The number of hydrogen-bond donors (Lipinski definition) is 1. The normalized spacial score (nSPS) is 10.4. The van der Waals surface area contributed by atoms with Gasteiger partial charge in [-0.15, -0.1) is 0 Å². The van der Waals surface area contributed by atoms with Gasteiger partial charge in [0.25, 0.3) is 5.91 Å². The van der Waals surface area contributed by atoms with Crippen LogP contribution < -0.4 is 5.32 Å². The third-order valence-electron chi connectivity index (χ3n) is 3.92. The van der Waals surface area contributed by atoms with Crippen molar-refractivity contribution in [2.75, 3.05) is 13.7 Å². The standard InChI is InChI=1S/C20H22FNO3/c1-14-6-8-15(9-7-14)16-10-11-17(18(21)13-16)20(24)22-12-4-3-5-19(23)25-2/h6-11,13H,3-5,12H2,1-2H3,(H,22,24). The summed E-state index contributed by atoms with van der Waals surface area (Å²) in [6.07, 6.45) is 1.55. The summed E-state index contributed by atoms with van der Waals surface area (Å²) in [7, 11) is 1.34. The molecule has 0 unspecified atom stereocenters. The van der Waals surface area contributed by atoms with Crippen molar-refractivity contribution in [1.82, 2.24) is 5.32 Å². The zero-order chi connectivity index (χ0) is 18.2. The Morgan fingerprint density at radius 2 is 1.72 bits per heavy atom. The van der Waals surface area contributed by atoms with Crippen LogP contribution in [0, 0.1) is 12.7 Å². The number of rotatable bonds is 7. The van der Waals surface area contributed by atoms with E-state index < -0.39 is 11.7 Å². The molecule has 5 heteroatoms. The molecule has 1 amide bonds. The van der Waals surface area contributed by atoms with E-state index in [-0.39, 0.29) is 11.5 Å². The second kappa shape index (κ2) is 8.97. The van der Waals surface area contributed by atoms with Gasteiger partial charge in [0.15, 0.2) is 0 Å². The third-order valence-corrected chi connectivity index (χ3v) is 3.92.